The monoisotopic (exact) mass is 428 g/mol. The number of aliphatic hydroxyl groups excluding tert-OH is 1. The van der Waals surface area contributed by atoms with E-state index in [0.29, 0.717) is 18.1 Å². The standard InChI is InChI=1S/C19H21ClN2O3S.ClH/c1-21-9-10-22-15-8-5-13(20)11-16(15)26-18(17(23)19(22)24)12-3-6-14(25-2)7-4-12;/h3-8,11,17-18,21,23H,9-10H2,1-2H3;1H. The van der Waals surface area contributed by atoms with Gasteiger partial charge in [0.15, 0.2) is 0 Å². The van der Waals surface area contributed by atoms with Gasteiger partial charge >= 0.3 is 0 Å². The van der Waals surface area contributed by atoms with Crippen molar-refractivity contribution in [3.63, 3.8) is 0 Å². The van der Waals surface area contributed by atoms with E-state index in [9.17, 15) is 9.90 Å². The van der Waals surface area contributed by atoms with E-state index in [2.05, 4.69) is 5.32 Å². The van der Waals surface area contributed by atoms with Crippen LogP contribution in [0, 0.1) is 0 Å². The number of rotatable bonds is 5. The second kappa shape index (κ2) is 9.66. The van der Waals surface area contributed by atoms with E-state index in [1.807, 2.05) is 43.4 Å². The van der Waals surface area contributed by atoms with E-state index in [4.69, 9.17) is 16.3 Å². The van der Waals surface area contributed by atoms with Crippen LogP contribution in [0.25, 0.3) is 0 Å². The number of hydrogen-bond acceptors (Lipinski definition) is 5. The minimum absolute atomic E-state index is 0. The quantitative estimate of drug-likeness (QED) is 0.762. The zero-order valence-corrected chi connectivity index (χ0v) is 17.4. The van der Waals surface area contributed by atoms with E-state index in [-0.39, 0.29) is 18.3 Å². The van der Waals surface area contributed by atoms with Gasteiger partial charge in [0.1, 0.15) is 11.9 Å². The van der Waals surface area contributed by atoms with Crippen LogP contribution in [0.2, 0.25) is 5.02 Å². The Bertz CT molecular complexity index is 789. The summed E-state index contributed by atoms with van der Waals surface area (Å²) in [6, 6.07) is 12.9. The highest BCUT2D eigenvalue weighted by Crippen LogP contribution is 2.46. The van der Waals surface area contributed by atoms with Gasteiger partial charge in [0, 0.05) is 23.0 Å². The molecule has 8 heteroatoms. The molecule has 1 aliphatic rings. The molecule has 0 radical (unpaired) electrons. The number of amides is 1. The molecule has 2 aromatic carbocycles. The smallest absolute Gasteiger partial charge is 0.257 e. The number of methoxy groups -OCH3 is 1. The highest BCUT2D eigenvalue weighted by molar-refractivity contribution is 7.99. The number of likely N-dealkylation sites (N-methyl/N-ethyl adjacent to an activating group) is 1. The van der Waals surface area contributed by atoms with Gasteiger partial charge in [0.2, 0.25) is 0 Å². The van der Waals surface area contributed by atoms with Crippen molar-refractivity contribution in [3.8, 4) is 5.75 Å². The molecule has 0 saturated carbocycles. The number of anilines is 1. The molecule has 5 nitrogen and oxygen atoms in total. The van der Waals surface area contributed by atoms with Crippen molar-refractivity contribution in [2.24, 2.45) is 0 Å². The summed E-state index contributed by atoms with van der Waals surface area (Å²) in [5.41, 5.74) is 1.63. The maximum Gasteiger partial charge on any atom is 0.257 e. The summed E-state index contributed by atoms with van der Waals surface area (Å²) in [5, 5.41) is 14.0. The van der Waals surface area contributed by atoms with Crippen LogP contribution in [0.3, 0.4) is 0 Å². The van der Waals surface area contributed by atoms with Gasteiger partial charge in [-0.05, 0) is 42.9 Å². The molecule has 2 aromatic rings. The molecule has 27 heavy (non-hydrogen) atoms. The van der Waals surface area contributed by atoms with Crippen molar-refractivity contribution in [1.29, 1.82) is 0 Å². The molecule has 1 aliphatic heterocycles. The molecule has 0 bridgehead atoms. The summed E-state index contributed by atoms with van der Waals surface area (Å²) >= 11 is 7.63. The average Bonchev–Trinajstić information content (AvgIpc) is 2.76. The fourth-order valence-corrected chi connectivity index (χ4v) is 4.46. The zero-order chi connectivity index (χ0) is 18.7. The third-order valence-corrected chi connectivity index (χ3v) is 5.90. The lowest BCUT2D eigenvalue weighted by atomic mass is 10.1. The molecule has 1 heterocycles. The number of benzene rings is 2. The molecule has 2 unspecified atom stereocenters. The molecule has 0 aliphatic carbocycles. The Morgan fingerprint density at radius 3 is 2.59 bits per heavy atom. The number of hydrogen-bond donors (Lipinski definition) is 2. The Hall–Kier alpha value is -1.44. The number of nitrogens with one attached hydrogen (secondary N) is 1. The van der Waals surface area contributed by atoms with E-state index < -0.39 is 11.4 Å². The topological polar surface area (TPSA) is 61.8 Å². The predicted octanol–water partition coefficient (Wildman–Crippen LogP) is 3.53. The van der Waals surface area contributed by atoms with Crippen LogP contribution in [0.15, 0.2) is 47.4 Å². The maximum absolute atomic E-state index is 13.0. The number of ether oxygens (including phenoxy) is 1. The van der Waals surface area contributed by atoms with E-state index in [0.717, 1.165) is 21.9 Å². The average molecular weight is 429 g/mol. The Morgan fingerprint density at radius 1 is 1.26 bits per heavy atom. The van der Waals surface area contributed by atoms with E-state index in [1.54, 1.807) is 18.1 Å². The molecule has 0 aromatic heterocycles. The summed E-state index contributed by atoms with van der Waals surface area (Å²) in [6.07, 6.45) is -1.16. The van der Waals surface area contributed by atoms with Crippen molar-refractivity contribution in [2.75, 3.05) is 32.1 Å². The van der Waals surface area contributed by atoms with Gasteiger partial charge < -0.3 is 20.1 Å². The molecule has 0 spiro atoms. The van der Waals surface area contributed by atoms with Gasteiger partial charge in [-0.3, -0.25) is 4.79 Å². The van der Waals surface area contributed by atoms with Gasteiger partial charge in [-0.1, -0.05) is 23.7 Å². The first-order valence-corrected chi connectivity index (χ1v) is 9.55. The van der Waals surface area contributed by atoms with E-state index in [1.165, 1.54) is 11.8 Å². The lowest BCUT2D eigenvalue weighted by Crippen LogP contribution is -2.43. The molecule has 2 atom stereocenters. The molecule has 146 valence electrons. The Balaban J connectivity index is 0.00000261. The SMILES string of the molecule is CNCCN1C(=O)C(O)C(c2ccc(OC)cc2)Sc2cc(Cl)ccc21.Cl. The second-order valence-corrected chi connectivity index (χ2v) is 7.58. The summed E-state index contributed by atoms with van der Waals surface area (Å²) < 4.78 is 5.19. The van der Waals surface area contributed by atoms with Crippen LogP contribution in [0.5, 0.6) is 5.75 Å². The largest absolute Gasteiger partial charge is 0.497 e. The number of aliphatic hydroxyl groups is 1. The van der Waals surface area contributed by atoms with Gasteiger partial charge in [0.05, 0.1) is 18.0 Å². The number of halogens is 2. The van der Waals surface area contributed by atoms with Gasteiger partial charge in [-0.15, -0.1) is 24.2 Å². The number of nitrogens with zero attached hydrogens (tertiary/aromatic N) is 1. The van der Waals surface area contributed by atoms with Crippen LogP contribution in [-0.4, -0.2) is 44.4 Å². The highest BCUT2D eigenvalue weighted by atomic mass is 35.5. The fraction of sp³-hybridized carbons (Fsp3) is 0.316. The number of thioether (sulfide) groups is 1. The number of carbonyl (C=O) groups is 1. The lowest BCUT2D eigenvalue weighted by molar-refractivity contribution is -0.126. The predicted molar refractivity (Wildman–Crippen MR) is 113 cm³/mol. The first-order chi connectivity index (χ1) is 12.5. The Labute approximate surface area is 174 Å². The van der Waals surface area contributed by atoms with Crippen LogP contribution < -0.4 is 15.0 Å². The highest BCUT2D eigenvalue weighted by Gasteiger charge is 2.37. The fourth-order valence-electron chi connectivity index (χ4n) is 2.91. The van der Waals surface area contributed by atoms with Crippen LogP contribution in [0.1, 0.15) is 10.8 Å². The van der Waals surface area contributed by atoms with Crippen molar-refractivity contribution >= 4 is 47.4 Å². The first kappa shape index (κ1) is 21.9. The molecule has 0 fully saturated rings. The van der Waals surface area contributed by atoms with Crippen molar-refractivity contribution in [3.05, 3.63) is 53.1 Å². The van der Waals surface area contributed by atoms with Gasteiger partial charge in [0.25, 0.3) is 5.91 Å². The summed E-state index contributed by atoms with van der Waals surface area (Å²) in [7, 11) is 3.43. The first-order valence-electron chi connectivity index (χ1n) is 8.29. The third kappa shape index (κ3) is 4.70. The normalized spacial score (nSPS) is 19.1. The van der Waals surface area contributed by atoms with Crippen LogP contribution >= 0.6 is 35.8 Å². The Morgan fingerprint density at radius 2 is 1.96 bits per heavy atom. The van der Waals surface area contributed by atoms with Gasteiger partial charge in [-0.2, -0.15) is 0 Å². The summed E-state index contributed by atoms with van der Waals surface area (Å²) in [4.78, 5) is 15.5. The third-order valence-electron chi connectivity index (χ3n) is 4.30. The molecule has 0 saturated heterocycles. The summed E-state index contributed by atoms with van der Waals surface area (Å²) in [5.74, 6) is 0.418. The molecular weight excluding hydrogens is 407 g/mol. The van der Waals surface area contributed by atoms with E-state index >= 15 is 0 Å². The minimum atomic E-state index is -1.16. The minimum Gasteiger partial charge on any atom is -0.497 e. The van der Waals surface area contributed by atoms with Crippen LogP contribution in [-0.2, 0) is 4.79 Å². The number of fused-ring (bicyclic) bond motifs is 1. The van der Waals surface area contributed by atoms with Crippen molar-refractivity contribution < 1.29 is 14.6 Å². The zero-order valence-electron chi connectivity index (χ0n) is 15.0. The van der Waals surface area contributed by atoms with Crippen molar-refractivity contribution in [1.82, 2.24) is 5.32 Å². The van der Waals surface area contributed by atoms with Crippen molar-refractivity contribution in [2.45, 2.75) is 16.2 Å². The molecule has 2 N–H and O–H groups in total. The van der Waals surface area contributed by atoms with Crippen LogP contribution in [0.4, 0.5) is 5.69 Å². The molecule has 3 rings (SSSR count). The summed E-state index contributed by atoms with van der Waals surface area (Å²) in [6.45, 7) is 1.09. The maximum atomic E-state index is 13.0. The molecule has 1 amide bonds. The van der Waals surface area contributed by atoms with Gasteiger partial charge in [-0.25, -0.2) is 0 Å². The lowest BCUT2D eigenvalue weighted by Gasteiger charge is -2.25. The Kier molecular flexibility index (Phi) is 7.82. The molecular formula is C19H22Cl2N2O3S. The second-order valence-electron chi connectivity index (χ2n) is 5.96. The number of carbonyl (C=O) groups excluding carboxylic acids is 1.